The fourth-order valence-corrected chi connectivity index (χ4v) is 2.28. The zero-order chi connectivity index (χ0) is 14.0. The molecule has 1 aromatic carbocycles. The molecule has 0 saturated carbocycles. The van der Waals surface area contributed by atoms with Gasteiger partial charge in [0.1, 0.15) is 4.32 Å². The molecule has 19 heavy (non-hydrogen) atoms. The molecular weight excluding hydrogens is 282 g/mol. The number of aromatic nitrogens is 2. The van der Waals surface area contributed by atoms with E-state index in [2.05, 4.69) is 5.27 Å². The zero-order valence-electron chi connectivity index (χ0n) is 10.8. The number of hydrogen-bond donors (Lipinski definition) is 0. The molecule has 0 saturated heterocycles. The van der Waals surface area contributed by atoms with Crippen molar-refractivity contribution in [1.29, 1.82) is 0 Å². The van der Waals surface area contributed by atoms with Crippen molar-refractivity contribution in [2.24, 2.45) is 0 Å². The first kappa shape index (κ1) is 13.8. The molecule has 1 aromatic heterocycles. The summed E-state index contributed by atoms with van der Waals surface area (Å²) in [6, 6.07) is 7.64. The molecule has 0 aliphatic heterocycles. The molecule has 0 unspecified atom stereocenters. The van der Waals surface area contributed by atoms with Crippen LogP contribution in [0.4, 0.5) is 0 Å². The van der Waals surface area contributed by atoms with Gasteiger partial charge < -0.3 is 14.5 Å². The second-order valence-electron chi connectivity index (χ2n) is 4.18. The SMILES string of the molecule is Cc1ccc(-[n+]2noc([O-])c2SC(=S)N(C)C)cc1. The van der Waals surface area contributed by atoms with Gasteiger partial charge in [0.05, 0.1) is 5.27 Å². The van der Waals surface area contributed by atoms with Crippen LogP contribution >= 0.6 is 24.0 Å². The molecule has 2 aromatic rings. The zero-order valence-corrected chi connectivity index (χ0v) is 12.4. The average Bonchev–Trinajstić information content (AvgIpc) is 2.72. The highest BCUT2D eigenvalue weighted by Crippen LogP contribution is 2.25. The average molecular weight is 295 g/mol. The van der Waals surface area contributed by atoms with Crippen LogP contribution in [-0.2, 0) is 0 Å². The maximum Gasteiger partial charge on any atom is 0.304 e. The summed E-state index contributed by atoms with van der Waals surface area (Å²) < 4.78 is 6.75. The van der Waals surface area contributed by atoms with Gasteiger partial charge in [0, 0.05) is 38.0 Å². The number of benzene rings is 1. The first-order valence-electron chi connectivity index (χ1n) is 5.54. The Hall–Kier alpha value is -1.60. The van der Waals surface area contributed by atoms with E-state index < -0.39 is 5.95 Å². The van der Waals surface area contributed by atoms with E-state index in [1.165, 1.54) is 4.68 Å². The quantitative estimate of drug-likeness (QED) is 0.472. The highest BCUT2D eigenvalue weighted by molar-refractivity contribution is 8.22. The van der Waals surface area contributed by atoms with Gasteiger partial charge in [0.2, 0.25) is 5.69 Å². The summed E-state index contributed by atoms with van der Waals surface area (Å²) in [4.78, 5) is 1.76. The minimum atomic E-state index is -0.491. The molecule has 0 N–H and O–H groups in total. The van der Waals surface area contributed by atoms with Gasteiger partial charge in [-0.15, -0.1) is 0 Å². The van der Waals surface area contributed by atoms with E-state index in [0.29, 0.717) is 9.35 Å². The largest absolute Gasteiger partial charge is 0.538 e. The summed E-state index contributed by atoms with van der Waals surface area (Å²) in [5, 5.41) is 15.8. The van der Waals surface area contributed by atoms with Crippen LogP contribution in [0.25, 0.3) is 5.69 Å². The molecule has 0 amide bonds. The van der Waals surface area contributed by atoms with Crippen molar-refractivity contribution in [2.75, 3.05) is 14.1 Å². The van der Waals surface area contributed by atoms with E-state index in [9.17, 15) is 5.11 Å². The lowest BCUT2D eigenvalue weighted by Gasteiger charge is -2.10. The van der Waals surface area contributed by atoms with E-state index in [-0.39, 0.29) is 0 Å². The maximum absolute atomic E-state index is 11.7. The normalized spacial score (nSPS) is 10.5. The fraction of sp³-hybridized carbons (Fsp3) is 0.250. The Kier molecular flexibility index (Phi) is 4.06. The van der Waals surface area contributed by atoms with Crippen LogP contribution in [0.1, 0.15) is 5.56 Å². The Balaban J connectivity index is 2.37. The third-order valence-electron chi connectivity index (χ3n) is 2.40. The molecule has 0 atom stereocenters. The van der Waals surface area contributed by atoms with Crippen LogP contribution in [0.15, 0.2) is 33.8 Å². The van der Waals surface area contributed by atoms with Gasteiger partial charge in [-0.2, -0.15) is 0 Å². The molecule has 100 valence electrons. The number of rotatable bonds is 2. The number of hydrogen-bond acceptors (Lipinski definition) is 5. The summed E-state index contributed by atoms with van der Waals surface area (Å²) >= 11 is 6.35. The molecular formula is C12H13N3O2S2. The number of nitrogens with zero attached hydrogens (tertiary/aromatic N) is 3. The van der Waals surface area contributed by atoms with Crippen LogP contribution in [0.2, 0.25) is 0 Å². The standard InChI is InChI=1S/C12H13N3O2S2/c1-8-4-6-9(7-5-8)15-10(11(16)17-13-15)19-12(18)14(2)3/h4-7H,1-3H3. The van der Waals surface area contributed by atoms with Gasteiger partial charge in [-0.05, 0) is 11.6 Å². The molecule has 2 rings (SSSR count). The summed E-state index contributed by atoms with van der Waals surface area (Å²) in [5.74, 6) is -0.491. The molecule has 7 heteroatoms. The Morgan fingerprint density at radius 3 is 2.58 bits per heavy atom. The lowest BCUT2D eigenvalue weighted by atomic mass is 10.2. The Morgan fingerprint density at radius 2 is 2.00 bits per heavy atom. The second-order valence-corrected chi connectivity index (χ2v) is 5.80. The Morgan fingerprint density at radius 1 is 1.37 bits per heavy atom. The van der Waals surface area contributed by atoms with E-state index >= 15 is 0 Å². The van der Waals surface area contributed by atoms with Crippen molar-refractivity contribution >= 4 is 28.3 Å². The van der Waals surface area contributed by atoms with E-state index in [1.807, 2.05) is 45.3 Å². The van der Waals surface area contributed by atoms with Crippen LogP contribution in [-0.4, -0.2) is 28.6 Å². The molecule has 0 spiro atoms. The summed E-state index contributed by atoms with van der Waals surface area (Å²) in [5.41, 5.74) is 1.90. The Labute approximate surface area is 120 Å². The monoisotopic (exact) mass is 295 g/mol. The molecule has 0 radical (unpaired) electrons. The van der Waals surface area contributed by atoms with Gasteiger partial charge in [-0.1, -0.05) is 29.9 Å². The molecule has 0 aliphatic carbocycles. The van der Waals surface area contributed by atoms with Crippen molar-refractivity contribution in [3.63, 3.8) is 0 Å². The third kappa shape index (κ3) is 3.05. The predicted molar refractivity (Wildman–Crippen MR) is 74.4 cm³/mol. The fourth-order valence-electron chi connectivity index (χ4n) is 1.35. The molecule has 0 aliphatic rings. The lowest BCUT2D eigenvalue weighted by Crippen LogP contribution is -2.35. The third-order valence-corrected chi connectivity index (χ3v) is 4.09. The summed E-state index contributed by atoms with van der Waals surface area (Å²) in [7, 11) is 3.65. The molecule has 0 fully saturated rings. The molecule has 5 nitrogen and oxygen atoms in total. The van der Waals surface area contributed by atoms with Crippen LogP contribution in [0, 0.1) is 6.92 Å². The minimum Gasteiger partial charge on any atom is -0.538 e. The van der Waals surface area contributed by atoms with E-state index in [0.717, 1.165) is 23.0 Å². The van der Waals surface area contributed by atoms with E-state index in [4.69, 9.17) is 16.7 Å². The lowest BCUT2D eigenvalue weighted by molar-refractivity contribution is -0.705. The van der Waals surface area contributed by atoms with Crippen molar-refractivity contribution in [2.45, 2.75) is 11.9 Å². The number of thioether (sulfide) groups is 1. The highest BCUT2D eigenvalue weighted by atomic mass is 32.2. The van der Waals surface area contributed by atoms with Crippen LogP contribution in [0.3, 0.4) is 0 Å². The Bertz CT molecular complexity index is 594. The van der Waals surface area contributed by atoms with Gasteiger partial charge in [0.25, 0.3) is 0 Å². The van der Waals surface area contributed by atoms with Gasteiger partial charge in [-0.25, -0.2) is 0 Å². The topological polar surface area (TPSA) is 56.2 Å². The summed E-state index contributed by atoms with van der Waals surface area (Å²) in [6.45, 7) is 1.99. The van der Waals surface area contributed by atoms with Crippen LogP contribution < -0.4 is 9.79 Å². The number of aryl methyl sites for hydroxylation is 1. The molecule has 1 heterocycles. The predicted octanol–water partition coefficient (Wildman–Crippen LogP) is 1.27. The van der Waals surface area contributed by atoms with Crippen molar-refractivity contribution in [3.8, 4) is 11.6 Å². The number of thiocarbonyl (C=S) groups is 1. The maximum atomic E-state index is 11.7. The van der Waals surface area contributed by atoms with E-state index in [1.54, 1.807) is 4.90 Å². The van der Waals surface area contributed by atoms with Crippen molar-refractivity contribution in [1.82, 2.24) is 10.2 Å². The first-order valence-corrected chi connectivity index (χ1v) is 6.76. The van der Waals surface area contributed by atoms with Crippen LogP contribution in [0.5, 0.6) is 5.95 Å². The highest BCUT2D eigenvalue weighted by Gasteiger charge is 2.23. The van der Waals surface area contributed by atoms with Crippen molar-refractivity contribution < 1.29 is 14.3 Å². The molecule has 0 bridgehead atoms. The van der Waals surface area contributed by atoms with Gasteiger partial charge in [0.15, 0.2) is 5.95 Å². The van der Waals surface area contributed by atoms with Gasteiger partial charge in [-0.3, -0.25) is 0 Å². The second kappa shape index (κ2) is 5.58. The minimum absolute atomic E-state index is 0.350. The van der Waals surface area contributed by atoms with Crippen molar-refractivity contribution in [3.05, 3.63) is 29.8 Å². The summed E-state index contributed by atoms with van der Waals surface area (Å²) in [6.07, 6.45) is 0. The first-order chi connectivity index (χ1) is 8.99. The smallest absolute Gasteiger partial charge is 0.304 e. The van der Waals surface area contributed by atoms with Gasteiger partial charge >= 0.3 is 5.03 Å².